The molecule has 3 rings (SSSR count). The van der Waals surface area contributed by atoms with Crippen molar-refractivity contribution in [3.05, 3.63) is 65.2 Å². The minimum absolute atomic E-state index is 0.0828. The molecule has 1 saturated heterocycles. The third kappa shape index (κ3) is 5.62. The maximum absolute atomic E-state index is 12.9. The van der Waals surface area contributed by atoms with Crippen molar-refractivity contribution in [2.45, 2.75) is 25.3 Å². The Balaban J connectivity index is 1.70. The van der Waals surface area contributed by atoms with Crippen LogP contribution in [-0.2, 0) is 21.3 Å². The van der Waals surface area contributed by atoms with Gasteiger partial charge in [-0.3, -0.25) is 4.79 Å². The van der Waals surface area contributed by atoms with E-state index in [0.29, 0.717) is 43.9 Å². The molecule has 1 heterocycles. The summed E-state index contributed by atoms with van der Waals surface area (Å²) in [6.45, 7) is 5.38. The van der Waals surface area contributed by atoms with Crippen molar-refractivity contribution in [2.75, 3.05) is 32.8 Å². The van der Waals surface area contributed by atoms with Crippen LogP contribution in [0.2, 0.25) is 0 Å². The molecular formula is C22H27N3O5S. The molecule has 1 aliphatic heterocycles. The fourth-order valence-corrected chi connectivity index (χ4v) is 4.65. The number of piperazine rings is 1. The molecule has 0 saturated carbocycles. The average Bonchev–Trinajstić information content (AvgIpc) is 2.78. The highest BCUT2D eigenvalue weighted by Gasteiger charge is 2.27. The molecule has 166 valence electrons. The number of aryl methyl sites for hydroxylation is 1. The second-order valence-electron chi connectivity index (χ2n) is 7.27. The van der Waals surface area contributed by atoms with Gasteiger partial charge in [-0.15, -0.1) is 0 Å². The number of ether oxygens (including phenoxy) is 1. The van der Waals surface area contributed by atoms with Gasteiger partial charge in [-0.25, -0.2) is 17.9 Å². The van der Waals surface area contributed by atoms with E-state index < -0.39 is 10.0 Å². The molecule has 1 N–H and O–H groups in total. The number of nitrogens with zero attached hydrogens (tertiary/aromatic N) is 2. The predicted molar refractivity (Wildman–Crippen MR) is 116 cm³/mol. The molecule has 8 nitrogen and oxygen atoms in total. The Morgan fingerprint density at radius 2 is 1.65 bits per heavy atom. The number of hydrogen-bond donors (Lipinski definition) is 1. The van der Waals surface area contributed by atoms with Gasteiger partial charge in [-0.05, 0) is 37.1 Å². The Hall–Kier alpha value is -2.91. The average molecular weight is 446 g/mol. The summed E-state index contributed by atoms with van der Waals surface area (Å²) in [6, 6.07) is 13.9. The van der Waals surface area contributed by atoms with E-state index in [1.807, 2.05) is 30.3 Å². The molecule has 0 aromatic heterocycles. The highest BCUT2D eigenvalue weighted by atomic mass is 32.2. The lowest BCUT2D eigenvalue weighted by atomic mass is 10.1. The minimum Gasteiger partial charge on any atom is -0.450 e. The highest BCUT2D eigenvalue weighted by Crippen LogP contribution is 2.19. The SMILES string of the molecule is CCOC(=O)N1CCN(C(=O)c2ccc(C)c(S(=O)(=O)NCc3ccccc3)c2)CC1. The van der Waals surface area contributed by atoms with E-state index in [1.165, 1.54) is 6.07 Å². The first-order valence-corrected chi connectivity index (χ1v) is 11.7. The lowest BCUT2D eigenvalue weighted by Gasteiger charge is -2.34. The Kier molecular flexibility index (Phi) is 7.29. The maximum Gasteiger partial charge on any atom is 0.409 e. The van der Waals surface area contributed by atoms with Gasteiger partial charge in [-0.1, -0.05) is 36.4 Å². The van der Waals surface area contributed by atoms with Crippen molar-refractivity contribution in [1.82, 2.24) is 14.5 Å². The van der Waals surface area contributed by atoms with Crippen molar-refractivity contribution in [2.24, 2.45) is 0 Å². The van der Waals surface area contributed by atoms with Gasteiger partial charge in [0.1, 0.15) is 0 Å². The third-order valence-electron chi connectivity index (χ3n) is 5.13. The number of rotatable bonds is 6. The Bertz CT molecular complexity index is 1030. The lowest BCUT2D eigenvalue weighted by molar-refractivity contribution is 0.0570. The smallest absolute Gasteiger partial charge is 0.409 e. The molecule has 0 bridgehead atoms. The number of amides is 2. The highest BCUT2D eigenvalue weighted by molar-refractivity contribution is 7.89. The van der Waals surface area contributed by atoms with Crippen molar-refractivity contribution >= 4 is 22.0 Å². The van der Waals surface area contributed by atoms with Crippen molar-refractivity contribution in [3.63, 3.8) is 0 Å². The first-order chi connectivity index (χ1) is 14.8. The molecule has 0 atom stereocenters. The monoisotopic (exact) mass is 445 g/mol. The number of carbonyl (C=O) groups excluding carboxylic acids is 2. The summed E-state index contributed by atoms with van der Waals surface area (Å²) in [4.78, 5) is 28.0. The van der Waals surface area contributed by atoms with Crippen LogP contribution >= 0.6 is 0 Å². The quantitative estimate of drug-likeness (QED) is 0.737. The molecule has 2 aromatic rings. The normalized spacial score (nSPS) is 14.4. The van der Waals surface area contributed by atoms with E-state index in [-0.39, 0.29) is 23.4 Å². The summed E-state index contributed by atoms with van der Waals surface area (Å²) in [5.74, 6) is -0.261. The molecule has 1 fully saturated rings. The predicted octanol–water partition coefficient (Wildman–Crippen LogP) is 2.39. The van der Waals surface area contributed by atoms with Crippen LogP contribution in [0.1, 0.15) is 28.4 Å². The van der Waals surface area contributed by atoms with Gasteiger partial charge in [0.2, 0.25) is 10.0 Å². The molecule has 0 spiro atoms. The molecular weight excluding hydrogens is 418 g/mol. The summed E-state index contributed by atoms with van der Waals surface area (Å²) in [5, 5.41) is 0. The molecule has 2 amide bonds. The van der Waals surface area contributed by atoms with Crippen LogP contribution in [0.15, 0.2) is 53.4 Å². The molecule has 1 aliphatic rings. The molecule has 0 unspecified atom stereocenters. The Morgan fingerprint density at radius 3 is 2.29 bits per heavy atom. The van der Waals surface area contributed by atoms with Gasteiger partial charge in [0.25, 0.3) is 5.91 Å². The molecule has 0 radical (unpaired) electrons. The standard InChI is InChI=1S/C22H27N3O5S/c1-3-30-22(27)25-13-11-24(12-14-25)21(26)19-10-9-17(2)20(15-19)31(28,29)23-16-18-7-5-4-6-8-18/h4-10,15,23H,3,11-14,16H2,1-2H3. The zero-order chi connectivity index (χ0) is 22.4. The Labute approximate surface area is 182 Å². The Morgan fingerprint density at radius 1 is 1.00 bits per heavy atom. The van der Waals surface area contributed by atoms with E-state index in [0.717, 1.165) is 5.56 Å². The van der Waals surface area contributed by atoms with Crippen LogP contribution in [0.25, 0.3) is 0 Å². The van der Waals surface area contributed by atoms with Crippen LogP contribution in [0.3, 0.4) is 0 Å². The van der Waals surface area contributed by atoms with Crippen molar-refractivity contribution in [3.8, 4) is 0 Å². The summed E-state index contributed by atoms with van der Waals surface area (Å²) < 4.78 is 33.3. The lowest BCUT2D eigenvalue weighted by Crippen LogP contribution is -2.50. The van der Waals surface area contributed by atoms with Crippen LogP contribution in [0.4, 0.5) is 4.79 Å². The summed E-state index contributed by atoms with van der Waals surface area (Å²) >= 11 is 0. The van der Waals surface area contributed by atoms with Crippen LogP contribution in [0, 0.1) is 6.92 Å². The fraction of sp³-hybridized carbons (Fsp3) is 0.364. The zero-order valence-electron chi connectivity index (χ0n) is 17.7. The minimum atomic E-state index is -3.79. The van der Waals surface area contributed by atoms with Gasteiger partial charge in [0.15, 0.2) is 0 Å². The molecule has 2 aromatic carbocycles. The summed E-state index contributed by atoms with van der Waals surface area (Å²) in [7, 11) is -3.79. The topological polar surface area (TPSA) is 96.0 Å². The molecule has 31 heavy (non-hydrogen) atoms. The van der Waals surface area contributed by atoms with Gasteiger partial charge < -0.3 is 14.5 Å². The number of hydrogen-bond acceptors (Lipinski definition) is 5. The molecule has 9 heteroatoms. The number of carbonyl (C=O) groups is 2. The van der Waals surface area contributed by atoms with E-state index in [9.17, 15) is 18.0 Å². The molecule has 0 aliphatic carbocycles. The van der Waals surface area contributed by atoms with Gasteiger partial charge >= 0.3 is 6.09 Å². The number of benzene rings is 2. The summed E-state index contributed by atoms with van der Waals surface area (Å²) in [5.41, 5.74) is 1.70. The maximum atomic E-state index is 12.9. The van der Waals surface area contributed by atoms with Crippen molar-refractivity contribution < 1.29 is 22.7 Å². The first kappa shape index (κ1) is 22.8. The van der Waals surface area contributed by atoms with Crippen LogP contribution in [0.5, 0.6) is 0 Å². The van der Waals surface area contributed by atoms with Crippen LogP contribution < -0.4 is 4.72 Å². The van der Waals surface area contributed by atoms with E-state index in [1.54, 1.807) is 35.8 Å². The third-order valence-corrected chi connectivity index (χ3v) is 6.67. The number of nitrogens with one attached hydrogen (secondary N) is 1. The van der Waals surface area contributed by atoms with Crippen LogP contribution in [-0.4, -0.2) is 63.0 Å². The summed E-state index contributed by atoms with van der Waals surface area (Å²) in [6.07, 6.45) is -0.386. The number of sulfonamides is 1. The largest absolute Gasteiger partial charge is 0.450 e. The van der Waals surface area contributed by atoms with E-state index >= 15 is 0 Å². The zero-order valence-corrected chi connectivity index (χ0v) is 18.5. The van der Waals surface area contributed by atoms with Gasteiger partial charge in [0, 0.05) is 38.3 Å². The van der Waals surface area contributed by atoms with E-state index in [4.69, 9.17) is 4.74 Å². The first-order valence-electron chi connectivity index (χ1n) is 10.2. The van der Waals surface area contributed by atoms with E-state index in [2.05, 4.69) is 4.72 Å². The van der Waals surface area contributed by atoms with Gasteiger partial charge in [-0.2, -0.15) is 0 Å². The fourth-order valence-electron chi connectivity index (χ4n) is 3.36. The van der Waals surface area contributed by atoms with Crippen molar-refractivity contribution in [1.29, 1.82) is 0 Å². The second kappa shape index (κ2) is 9.93. The van der Waals surface area contributed by atoms with Gasteiger partial charge in [0.05, 0.1) is 11.5 Å². The second-order valence-corrected chi connectivity index (χ2v) is 9.00.